The van der Waals surface area contributed by atoms with Crippen LogP contribution in [0.25, 0.3) is 0 Å². The summed E-state index contributed by atoms with van der Waals surface area (Å²) in [4.78, 5) is 45.2. The number of amides is 2. The number of carbonyl (C=O) groups is 2. The molecule has 2 aliphatic heterocycles. The first-order chi connectivity index (χ1) is 16.2. The van der Waals surface area contributed by atoms with E-state index in [-0.39, 0.29) is 29.0 Å². The summed E-state index contributed by atoms with van der Waals surface area (Å²) < 4.78 is 0. The number of aromatic nitrogens is 1. The van der Waals surface area contributed by atoms with E-state index in [1.54, 1.807) is 11.8 Å². The van der Waals surface area contributed by atoms with Crippen molar-refractivity contribution in [3.8, 4) is 0 Å². The van der Waals surface area contributed by atoms with Crippen LogP contribution in [0.3, 0.4) is 0 Å². The van der Waals surface area contributed by atoms with Crippen molar-refractivity contribution in [1.29, 1.82) is 0 Å². The average molecular weight is 466 g/mol. The van der Waals surface area contributed by atoms with E-state index in [0.717, 1.165) is 26.1 Å². The average Bonchev–Trinajstić information content (AvgIpc) is 3.34. The number of aromatic amines is 1. The summed E-state index contributed by atoms with van der Waals surface area (Å²) in [5, 5.41) is 9.80. The number of carbonyl (C=O) groups excluding carboxylic acids is 2. The van der Waals surface area contributed by atoms with E-state index in [2.05, 4.69) is 28.4 Å². The number of hydrogen-bond acceptors (Lipinski definition) is 5. The maximum atomic E-state index is 13.5. The Labute approximate surface area is 199 Å². The van der Waals surface area contributed by atoms with Crippen LogP contribution in [0.1, 0.15) is 50.9 Å². The molecule has 0 bridgehead atoms. The Morgan fingerprint density at radius 1 is 1.15 bits per heavy atom. The molecule has 1 aromatic heterocycles. The molecule has 34 heavy (non-hydrogen) atoms. The Hall–Kier alpha value is -2.97. The highest BCUT2D eigenvalue weighted by molar-refractivity contribution is 6.08. The normalized spacial score (nSPS) is 21.0. The number of aryl methyl sites for hydroxylation is 1. The van der Waals surface area contributed by atoms with Gasteiger partial charge in [-0.3, -0.25) is 14.4 Å². The molecule has 0 spiro atoms. The highest BCUT2D eigenvalue weighted by Crippen LogP contribution is 2.33. The molecule has 4 rings (SSSR count). The Morgan fingerprint density at radius 2 is 1.79 bits per heavy atom. The fourth-order valence-corrected chi connectivity index (χ4v) is 5.39. The Morgan fingerprint density at radius 3 is 2.38 bits per heavy atom. The van der Waals surface area contributed by atoms with Crippen molar-refractivity contribution in [2.45, 2.75) is 32.8 Å². The number of rotatable bonds is 8. The fraction of sp³-hybridized carbons (Fsp3) is 0.462. The van der Waals surface area contributed by atoms with Crippen LogP contribution in [0.5, 0.6) is 0 Å². The lowest BCUT2D eigenvalue weighted by atomic mass is 9.96. The minimum atomic E-state index is -0.846. The molecule has 1 aromatic carbocycles. The molecule has 2 amide bonds. The summed E-state index contributed by atoms with van der Waals surface area (Å²) in [6, 6.07) is 10.3. The van der Waals surface area contributed by atoms with Gasteiger partial charge in [0.2, 0.25) is 5.91 Å². The van der Waals surface area contributed by atoms with Crippen molar-refractivity contribution in [3.05, 3.63) is 75.1 Å². The molecule has 3 heterocycles. The van der Waals surface area contributed by atoms with Crippen molar-refractivity contribution in [2.24, 2.45) is 17.6 Å². The zero-order chi connectivity index (χ0) is 24.4. The molecule has 2 aromatic rings. The number of pyridine rings is 1. The van der Waals surface area contributed by atoms with E-state index in [4.69, 9.17) is 5.73 Å². The van der Waals surface area contributed by atoms with Gasteiger partial charge in [0.1, 0.15) is 0 Å². The van der Waals surface area contributed by atoms with Gasteiger partial charge in [0.25, 0.3) is 11.5 Å². The minimum Gasteiger partial charge on any atom is -0.393 e. The monoisotopic (exact) mass is 465 g/mol. The van der Waals surface area contributed by atoms with E-state index in [1.165, 1.54) is 12.5 Å². The van der Waals surface area contributed by atoms with Crippen LogP contribution in [0.4, 0.5) is 0 Å². The molecule has 0 saturated carbocycles. The highest BCUT2D eigenvalue weighted by atomic mass is 16.3. The third kappa shape index (κ3) is 5.08. The predicted octanol–water partition coefficient (Wildman–Crippen LogP) is 1.35. The van der Waals surface area contributed by atoms with Gasteiger partial charge in [0, 0.05) is 43.9 Å². The number of benzene rings is 1. The molecule has 1 radical (unpaired) electrons. The van der Waals surface area contributed by atoms with E-state index >= 15 is 0 Å². The van der Waals surface area contributed by atoms with Crippen LogP contribution >= 0.6 is 0 Å². The molecule has 4 N–H and O–H groups in total. The molecule has 0 aliphatic carbocycles. The highest BCUT2D eigenvalue weighted by Gasteiger charge is 2.42. The molecular formula is C26H33N4O4. The van der Waals surface area contributed by atoms with Gasteiger partial charge >= 0.3 is 0 Å². The number of nitrogens with one attached hydrogen (secondary N) is 1. The second-order valence-electron chi connectivity index (χ2n) is 9.62. The Balaban J connectivity index is 1.42. The van der Waals surface area contributed by atoms with Gasteiger partial charge in [-0.2, -0.15) is 0 Å². The largest absolute Gasteiger partial charge is 0.393 e. The Kier molecular flexibility index (Phi) is 7.19. The molecule has 2 saturated heterocycles. The number of nitrogens with zero attached hydrogens (tertiary/aromatic N) is 2. The summed E-state index contributed by atoms with van der Waals surface area (Å²) in [5.74, 6) is -0.336. The number of nitrogens with two attached hydrogens (primary N) is 1. The number of aliphatic hydroxyl groups excluding tert-OH is 1. The smallest absolute Gasteiger partial charge is 0.256 e. The molecule has 3 atom stereocenters. The number of aliphatic hydroxyl groups is 1. The van der Waals surface area contributed by atoms with Crippen LogP contribution in [0, 0.1) is 25.2 Å². The second-order valence-corrected chi connectivity index (χ2v) is 9.62. The number of likely N-dealkylation sites (tertiary alicyclic amines) is 2. The van der Waals surface area contributed by atoms with Gasteiger partial charge < -0.3 is 25.6 Å². The summed E-state index contributed by atoms with van der Waals surface area (Å²) >= 11 is 0. The van der Waals surface area contributed by atoms with Gasteiger partial charge in [-0.15, -0.1) is 0 Å². The predicted molar refractivity (Wildman–Crippen MR) is 129 cm³/mol. The first kappa shape index (κ1) is 24.2. The van der Waals surface area contributed by atoms with Gasteiger partial charge in [0.05, 0.1) is 17.2 Å². The third-order valence-corrected chi connectivity index (χ3v) is 6.94. The summed E-state index contributed by atoms with van der Waals surface area (Å²) in [6.07, 6.45) is 2.34. The minimum absolute atomic E-state index is 0.0472. The maximum absolute atomic E-state index is 13.5. The van der Waals surface area contributed by atoms with Gasteiger partial charge in [-0.05, 0) is 50.6 Å². The summed E-state index contributed by atoms with van der Waals surface area (Å²) in [5.41, 5.74) is 6.82. The van der Waals surface area contributed by atoms with E-state index in [0.29, 0.717) is 30.6 Å². The maximum Gasteiger partial charge on any atom is 0.256 e. The Bertz CT molecular complexity index is 1100. The van der Waals surface area contributed by atoms with Crippen molar-refractivity contribution in [3.63, 3.8) is 0 Å². The molecule has 8 heteroatoms. The van der Waals surface area contributed by atoms with Crippen LogP contribution in [-0.4, -0.2) is 70.5 Å². The van der Waals surface area contributed by atoms with E-state index in [9.17, 15) is 19.5 Å². The lowest BCUT2D eigenvalue weighted by Crippen LogP contribution is -2.37. The zero-order valence-corrected chi connectivity index (χ0v) is 19.8. The van der Waals surface area contributed by atoms with Crippen LogP contribution < -0.4 is 11.3 Å². The molecule has 2 unspecified atom stereocenters. The standard InChI is InChI=1S/C26H33N4O4/c1-16(31)11-21-23(24(27)32)22(17(2)28-25(21)33)26(34)30-14-19-12-29(13-20(19)15-30)10-6-9-18-7-4-3-5-8-18/h3-5,7-9,16,19-20,31H,6,10-15H2,1-2H3,(H2,27,32)(H,28,33)/t16-,19?,20?/m0/s1. The topological polar surface area (TPSA) is 120 Å². The van der Waals surface area contributed by atoms with Crippen molar-refractivity contribution < 1.29 is 14.7 Å². The number of hydrogen-bond donors (Lipinski definition) is 3. The molecule has 2 aliphatic rings. The zero-order valence-electron chi connectivity index (χ0n) is 19.8. The van der Waals surface area contributed by atoms with Gasteiger partial charge in [0.15, 0.2) is 0 Å². The van der Waals surface area contributed by atoms with Gasteiger partial charge in [-0.25, -0.2) is 0 Å². The van der Waals surface area contributed by atoms with E-state index in [1.807, 2.05) is 18.2 Å². The molecule has 181 valence electrons. The van der Waals surface area contributed by atoms with Crippen molar-refractivity contribution >= 4 is 11.8 Å². The lowest BCUT2D eigenvalue weighted by Gasteiger charge is -2.23. The van der Waals surface area contributed by atoms with Gasteiger partial charge in [-0.1, -0.05) is 30.3 Å². The van der Waals surface area contributed by atoms with Crippen molar-refractivity contribution in [1.82, 2.24) is 14.8 Å². The second kappa shape index (κ2) is 10.1. The molecule has 2 fully saturated rings. The first-order valence-electron chi connectivity index (χ1n) is 11.9. The quantitative estimate of drug-likeness (QED) is 0.544. The van der Waals surface area contributed by atoms with Crippen LogP contribution in [-0.2, 0) is 6.42 Å². The molecule has 8 nitrogen and oxygen atoms in total. The number of H-pyrrole nitrogens is 1. The molecular weight excluding hydrogens is 432 g/mol. The lowest BCUT2D eigenvalue weighted by molar-refractivity contribution is 0.0766. The van der Waals surface area contributed by atoms with Crippen molar-refractivity contribution in [2.75, 3.05) is 32.7 Å². The van der Waals surface area contributed by atoms with Crippen LogP contribution in [0.2, 0.25) is 0 Å². The van der Waals surface area contributed by atoms with Crippen LogP contribution in [0.15, 0.2) is 35.1 Å². The third-order valence-electron chi connectivity index (χ3n) is 6.94. The summed E-state index contributed by atoms with van der Waals surface area (Å²) in [6.45, 7) is 7.24. The SMILES string of the molecule is Cc1[nH]c(=O)c(C[C@H](C)O)c(C(N)=O)c1C(=O)N1CC2CN(CC[CH]c3ccccc3)CC2C1. The number of fused-ring (bicyclic) bond motifs is 1. The number of primary amides is 1. The fourth-order valence-electron chi connectivity index (χ4n) is 5.39. The van der Waals surface area contributed by atoms with E-state index < -0.39 is 17.6 Å². The first-order valence-corrected chi connectivity index (χ1v) is 11.9. The summed E-state index contributed by atoms with van der Waals surface area (Å²) in [7, 11) is 0.